The van der Waals surface area contributed by atoms with Crippen LogP contribution in [-0.2, 0) is 0 Å². The number of hydrogen-bond donors (Lipinski definition) is 0. The Bertz CT molecular complexity index is 1880. The second-order valence-electron chi connectivity index (χ2n) is 7.99. The fourth-order valence-electron chi connectivity index (χ4n) is 4.72. The van der Waals surface area contributed by atoms with E-state index in [0.29, 0.717) is 5.56 Å². The first-order chi connectivity index (χ1) is 15.8. The van der Waals surface area contributed by atoms with E-state index in [1.54, 1.807) is 0 Å². The van der Waals surface area contributed by atoms with Crippen molar-refractivity contribution < 1.29 is 4.42 Å². The second-order valence-corrected chi connectivity index (χ2v) is 7.99. The molecule has 0 atom stereocenters. The fraction of sp³-hybridized carbons (Fsp3) is 0. The molecule has 0 aliphatic carbocycles. The molecule has 7 rings (SSSR count). The van der Waals surface area contributed by atoms with Gasteiger partial charge in [0.15, 0.2) is 5.58 Å². The maximum absolute atomic E-state index is 9.11. The number of furan rings is 1. The molecule has 0 radical (unpaired) electrons. The van der Waals surface area contributed by atoms with Crippen molar-refractivity contribution in [2.75, 3.05) is 0 Å². The van der Waals surface area contributed by atoms with Crippen molar-refractivity contribution in [1.82, 2.24) is 9.38 Å². The minimum Gasteiger partial charge on any atom is -0.454 e. The molecule has 0 N–H and O–H groups in total. The zero-order valence-electron chi connectivity index (χ0n) is 16.9. The van der Waals surface area contributed by atoms with Gasteiger partial charge in [-0.2, -0.15) is 5.26 Å². The van der Waals surface area contributed by atoms with Gasteiger partial charge in [0, 0.05) is 16.2 Å². The van der Waals surface area contributed by atoms with Gasteiger partial charge in [0.25, 0.3) is 0 Å². The van der Waals surface area contributed by atoms with Crippen LogP contribution in [0.25, 0.3) is 60.6 Å². The Hall–Kier alpha value is -4.62. The van der Waals surface area contributed by atoms with Gasteiger partial charge in [0.2, 0.25) is 0 Å². The third-order valence-corrected chi connectivity index (χ3v) is 6.21. The van der Waals surface area contributed by atoms with Crippen molar-refractivity contribution in [3.8, 4) is 17.2 Å². The highest BCUT2D eigenvalue weighted by Gasteiger charge is 2.19. The second kappa shape index (κ2) is 6.19. The van der Waals surface area contributed by atoms with E-state index in [1.807, 2.05) is 60.7 Å². The van der Waals surface area contributed by atoms with Crippen LogP contribution in [0.4, 0.5) is 0 Å². The lowest BCUT2D eigenvalue weighted by molar-refractivity contribution is 0.672. The molecule has 3 heterocycles. The van der Waals surface area contributed by atoms with E-state index in [1.165, 1.54) is 0 Å². The molecule has 0 fully saturated rings. The SMILES string of the molecule is N#Cc1ccc(-c2ccc3oc4c5ccccc5c5nc6ccccc6n5c4c3c2)cc1. The largest absolute Gasteiger partial charge is 0.454 e. The third kappa shape index (κ3) is 2.22. The molecule has 0 aliphatic heterocycles. The monoisotopic (exact) mass is 409 g/mol. The molecule has 0 aliphatic rings. The number of para-hydroxylation sites is 2. The number of benzene rings is 4. The van der Waals surface area contributed by atoms with E-state index in [4.69, 9.17) is 14.7 Å². The highest BCUT2D eigenvalue weighted by atomic mass is 16.3. The Balaban J connectivity index is 1.67. The number of hydrogen-bond acceptors (Lipinski definition) is 3. The van der Waals surface area contributed by atoms with E-state index in [2.05, 4.69) is 40.8 Å². The molecule has 0 saturated heterocycles. The molecule has 0 spiro atoms. The zero-order valence-corrected chi connectivity index (χ0v) is 16.9. The van der Waals surface area contributed by atoms with Crippen LogP contribution in [0, 0.1) is 11.3 Å². The Morgan fingerprint density at radius 1 is 0.750 bits per heavy atom. The van der Waals surface area contributed by atoms with Crippen LogP contribution in [0.1, 0.15) is 5.56 Å². The minimum atomic E-state index is 0.654. The van der Waals surface area contributed by atoms with E-state index in [-0.39, 0.29) is 0 Å². The smallest absolute Gasteiger partial charge is 0.160 e. The molecule has 4 nitrogen and oxygen atoms in total. The average Bonchev–Trinajstić information content (AvgIpc) is 3.42. The summed E-state index contributed by atoms with van der Waals surface area (Å²) in [7, 11) is 0. The lowest BCUT2D eigenvalue weighted by Gasteiger charge is -2.05. The van der Waals surface area contributed by atoms with Crippen molar-refractivity contribution in [2.24, 2.45) is 0 Å². The Kier molecular flexibility index (Phi) is 3.31. The fourth-order valence-corrected chi connectivity index (χ4v) is 4.72. The van der Waals surface area contributed by atoms with Crippen molar-refractivity contribution in [3.05, 3.63) is 96.6 Å². The number of aromatic nitrogens is 2. The normalized spacial score (nSPS) is 11.7. The van der Waals surface area contributed by atoms with Crippen LogP contribution in [-0.4, -0.2) is 9.38 Å². The topological polar surface area (TPSA) is 54.2 Å². The van der Waals surface area contributed by atoms with Crippen LogP contribution in [0.5, 0.6) is 0 Å². The number of nitrogens with zero attached hydrogens (tertiary/aromatic N) is 3. The van der Waals surface area contributed by atoms with Crippen molar-refractivity contribution in [3.63, 3.8) is 0 Å². The predicted molar refractivity (Wildman–Crippen MR) is 128 cm³/mol. The van der Waals surface area contributed by atoms with Crippen LogP contribution in [0.3, 0.4) is 0 Å². The van der Waals surface area contributed by atoms with Crippen LogP contribution in [0.15, 0.2) is 95.4 Å². The molecule has 4 heteroatoms. The summed E-state index contributed by atoms with van der Waals surface area (Å²) >= 11 is 0. The standard InChI is InChI=1S/C28H15N3O/c29-16-17-9-11-18(12-10-17)19-13-14-25-22(15-19)26-27(32-25)20-5-1-2-6-21(20)28-30-23-7-3-4-8-24(23)31(26)28/h1-15H. The van der Waals surface area contributed by atoms with Crippen LogP contribution >= 0.6 is 0 Å². The summed E-state index contributed by atoms with van der Waals surface area (Å²) in [5, 5.41) is 12.3. The molecule has 148 valence electrons. The van der Waals surface area contributed by atoms with Crippen LogP contribution < -0.4 is 0 Å². The molecule has 0 bridgehead atoms. The highest BCUT2D eigenvalue weighted by Crippen LogP contribution is 2.39. The maximum atomic E-state index is 9.11. The molecule has 0 saturated carbocycles. The molecule has 7 aromatic rings. The van der Waals surface area contributed by atoms with Gasteiger partial charge in [-0.1, -0.05) is 54.6 Å². The number of nitriles is 1. The van der Waals surface area contributed by atoms with Gasteiger partial charge in [-0.3, -0.25) is 4.40 Å². The van der Waals surface area contributed by atoms with E-state index < -0.39 is 0 Å². The summed E-state index contributed by atoms with van der Waals surface area (Å²) in [6, 6.07) is 32.6. The molecular formula is C28H15N3O. The molecule has 0 amide bonds. The van der Waals surface area contributed by atoms with Crippen molar-refractivity contribution in [2.45, 2.75) is 0 Å². The lowest BCUT2D eigenvalue weighted by Crippen LogP contribution is -1.89. The summed E-state index contributed by atoms with van der Waals surface area (Å²) in [4.78, 5) is 4.97. The lowest BCUT2D eigenvalue weighted by atomic mass is 10.0. The van der Waals surface area contributed by atoms with E-state index in [9.17, 15) is 0 Å². The molecule has 4 aromatic carbocycles. The Labute approximate surface area is 182 Å². The van der Waals surface area contributed by atoms with Gasteiger partial charge in [-0.05, 0) is 47.5 Å². The molecular weight excluding hydrogens is 394 g/mol. The summed E-state index contributed by atoms with van der Waals surface area (Å²) in [6.07, 6.45) is 0. The molecule has 3 aromatic heterocycles. The summed E-state index contributed by atoms with van der Waals surface area (Å²) < 4.78 is 8.65. The Morgan fingerprint density at radius 3 is 2.34 bits per heavy atom. The van der Waals surface area contributed by atoms with Gasteiger partial charge in [-0.15, -0.1) is 0 Å². The van der Waals surface area contributed by atoms with Crippen molar-refractivity contribution in [1.29, 1.82) is 5.26 Å². The van der Waals surface area contributed by atoms with Gasteiger partial charge < -0.3 is 4.42 Å². The van der Waals surface area contributed by atoms with E-state index >= 15 is 0 Å². The van der Waals surface area contributed by atoms with Gasteiger partial charge in [0.05, 0.1) is 22.7 Å². The van der Waals surface area contributed by atoms with Crippen molar-refractivity contribution >= 4 is 49.5 Å². The molecule has 32 heavy (non-hydrogen) atoms. The summed E-state index contributed by atoms with van der Waals surface area (Å²) in [5.74, 6) is 0. The first-order valence-electron chi connectivity index (χ1n) is 10.5. The predicted octanol–water partition coefficient (Wildman–Crippen LogP) is 7.08. The third-order valence-electron chi connectivity index (χ3n) is 6.21. The van der Waals surface area contributed by atoms with E-state index in [0.717, 1.165) is 60.6 Å². The maximum Gasteiger partial charge on any atom is 0.160 e. The Morgan fingerprint density at radius 2 is 1.50 bits per heavy atom. The van der Waals surface area contributed by atoms with Gasteiger partial charge in [0.1, 0.15) is 16.7 Å². The highest BCUT2D eigenvalue weighted by molar-refractivity contribution is 6.19. The number of imidazole rings is 1. The average molecular weight is 409 g/mol. The summed E-state index contributed by atoms with van der Waals surface area (Å²) in [6.45, 7) is 0. The van der Waals surface area contributed by atoms with Gasteiger partial charge in [-0.25, -0.2) is 4.98 Å². The quantitative estimate of drug-likeness (QED) is 0.291. The summed E-state index contributed by atoms with van der Waals surface area (Å²) in [5.41, 5.74) is 8.48. The molecule has 0 unspecified atom stereocenters. The number of rotatable bonds is 1. The zero-order chi connectivity index (χ0) is 21.2. The first-order valence-corrected chi connectivity index (χ1v) is 10.5. The first kappa shape index (κ1) is 17.1. The number of pyridine rings is 1. The van der Waals surface area contributed by atoms with Crippen LogP contribution in [0.2, 0.25) is 0 Å². The minimum absolute atomic E-state index is 0.654. The van der Waals surface area contributed by atoms with Gasteiger partial charge >= 0.3 is 0 Å². The number of fused-ring (bicyclic) bond motifs is 10.